The SMILES string of the molecule is [CH2]CCc1ccc(O)c(C)c1. The first kappa shape index (κ1) is 8.12. The number of benzene rings is 1. The fraction of sp³-hybridized carbons (Fsp3) is 0.300. The van der Waals surface area contributed by atoms with E-state index in [9.17, 15) is 5.11 Å². The molecule has 0 aromatic heterocycles. The molecule has 1 heteroatoms. The summed E-state index contributed by atoms with van der Waals surface area (Å²) in [6.07, 6.45) is 1.89. The first-order chi connectivity index (χ1) is 5.24. The molecule has 0 saturated carbocycles. The lowest BCUT2D eigenvalue weighted by Gasteiger charge is -2.01. The number of aromatic hydroxyl groups is 1. The summed E-state index contributed by atoms with van der Waals surface area (Å²) in [6.45, 7) is 5.68. The van der Waals surface area contributed by atoms with Gasteiger partial charge < -0.3 is 5.11 Å². The third kappa shape index (κ3) is 1.97. The van der Waals surface area contributed by atoms with Gasteiger partial charge in [-0.05, 0) is 37.0 Å². The minimum atomic E-state index is 0.373. The third-order valence-corrected chi connectivity index (χ3v) is 1.73. The molecule has 0 bridgehead atoms. The van der Waals surface area contributed by atoms with E-state index in [-0.39, 0.29) is 0 Å². The minimum absolute atomic E-state index is 0.373. The van der Waals surface area contributed by atoms with Gasteiger partial charge in [-0.3, -0.25) is 0 Å². The maximum Gasteiger partial charge on any atom is 0.118 e. The predicted octanol–water partition coefficient (Wildman–Crippen LogP) is 2.47. The van der Waals surface area contributed by atoms with Crippen LogP contribution in [0.25, 0.3) is 0 Å². The Labute approximate surface area is 67.7 Å². The zero-order valence-corrected chi connectivity index (χ0v) is 6.80. The third-order valence-electron chi connectivity index (χ3n) is 1.73. The van der Waals surface area contributed by atoms with Gasteiger partial charge in [0.05, 0.1) is 0 Å². The molecule has 1 aromatic carbocycles. The van der Waals surface area contributed by atoms with Crippen LogP contribution >= 0.6 is 0 Å². The molecule has 0 aliphatic heterocycles. The van der Waals surface area contributed by atoms with Crippen LogP contribution in [0, 0.1) is 13.8 Å². The quantitative estimate of drug-likeness (QED) is 0.684. The van der Waals surface area contributed by atoms with Crippen LogP contribution in [0.4, 0.5) is 0 Å². The molecule has 59 valence electrons. The molecule has 0 amide bonds. The molecule has 0 unspecified atom stereocenters. The number of hydrogen-bond acceptors (Lipinski definition) is 1. The topological polar surface area (TPSA) is 20.2 Å². The van der Waals surface area contributed by atoms with Crippen molar-refractivity contribution in [2.75, 3.05) is 0 Å². The molecule has 11 heavy (non-hydrogen) atoms. The van der Waals surface area contributed by atoms with Crippen molar-refractivity contribution in [2.45, 2.75) is 19.8 Å². The van der Waals surface area contributed by atoms with Gasteiger partial charge in [0.2, 0.25) is 0 Å². The van der Waals surface area contributed by atoms with E-state index in [0.717, 1.165) is 18.4 Å². The fourth-order valence-electron chi connectivity index (χ4n) is 1.08. The zero-order chi connectivity index (χ0) is 8.27. The van der Waals surface area contributed by atoms with Crippen molar-refractivity contribution in [1.29, 1.82) is 0 Å². The van der Waals surface area contributed by atoms with Crippen molar-refractivity contribution in [3.63, 3.8) is 0 Å². The lowest BCUT2D eigenvalue weighted by Crippen LogP contribution is -1.84. The second-order valence-corrected chi connectivity index (χ2v) is 2.72. The number of phenols is 1. The highest BCUT2D eigenvalue weighted by molar-refractivity contribution is 5.34. The minimum Gasteiger partial charge on any atom is -0.508 e. The van der Waals surface area contributed by atoms with Gasteiger partial charge in [-0.2, -0.15) is 0 Å². The summed E-state index contributed by atoms with van der Waals surface area (Å²) in [5, 5.41) is 9.20. The lowest BCUT2D eigenvalue weighted by molar-refractivity contribution is 0.471. The Bertz CT molecular complexity index is 241. The molecule has 0 atom stereocenters. The molecule has 0 heterocycles. The number of rotatable bonds is 2. The van der Waals surface area contributed by atoms with Crippen molar-refractivity contribution in [3.8, 4) is 5.75 Å². The van der Waals surface area contributed by atoms with E-state index in [1.54, 1.807) is 6.07 Å². The van der Waals surface area contributed by atoms with Gasteiger partial charge in [-0.25, -0.2) is 0 Å². The second kappa shape index (κ2) is 3.42. The first-order valence-corrected chi connectivity index (χ1v) is 3.82. The summed E-state index contributed by atoms with van der Waals surface area (Å²) in [5.41, 5.74) is 2.19. The smallest absolute Gasteiger partial charge is 0.118 e. The summed E-state index contributed by atoms with van der Waals surface area (Å²) in [4.78, 5) is 0. The standard InChI is InChI=1S/C10H13O/c1-3-4-9-5-6-10(11)8(2)7-9/h5-7,11H,1,3-4H2,2H3. The largest absolute Gasteiger partial charge is 0.508 e. The predicted molar refractivity (Wildman–Crippen MR) is 46.5 cm³/mol. The van der Waals surface area contributed by atoms with Gasteiger partial charge in [0.1, 0.15) is 5.75 Å². The van der Waals surface area contributed by atoms with Crippen molar-refractivity contribution < 1.29 is 5.11 Å². The van der Waals surface area contributed by atoms with Crippen molar-refractivity contribution >= 4 is 0 Å². The molecule has 0 saturated heterocycles. The molecule has 0 fully saturated rings. The van der Waals surface area contributed by atoms with E-state index in [1.807, 2.05) is 19.1 Å². The molecular formula is C10H13O. The van der Waals surface area contributed by atoms with Crippen molar-refractivity contribution in [2.24, 2.45) is 0 Å². The highest BCUT2D eigenvalue weighted by Gasteiger charge is 1.95. The monoisotopic (exact) mass is 149 g/mol. The molecule has 0 aliphatic carbocycles. The van der Waals surface area contributed by atoms with Gasteiger partial charge in [-0.15, -0.1) is 0 Å². The summed E-state index contributed by atoms with van der Waals surface area (Å²) in [5.74, 6) is 0.373. The van der Waals surface area contributed by atoms with Crippen LogP contribution in [0.2, 0.25) is 0 Å². The van der Waals surface area contributed by atoms with E-state index in [1.165, 1.54) is 5.56 Å². The van der Waals surface area contributed by atoms with Crippen molar-refractivity contribution in [1.82, 2.24) is 0 Å². The average molecular weight is 149 g/mol. The fourth-order valence-corrected chi connectivity index (χ4v) is 1.08. The molecule has 1 radical (unpaired) electrons. The molecule has 1 nitrogen and oxygen atoms in total. The van der Waals surface area contributed by atoms with Gasteiger partial charge >= 0.3 is 0 Å². The summed E-state index contributed by atoms with van der Waals surface area (Å²) in [7, 11) is 0. The number of aryl methyl sites for hydroxylation is 2. The van der Waals surface area contributed by atoms with E-state index < -0.39 is 0 Å². The number of hydrogen-bond donors (Lipinski definition) is 1. The molecule has 1 rings (SSSR count). The van der Waals surface area contributed by atoms with Crippen LogP contribution in [-0.4, -0.2) is 5.11 Å². The van der Waals surface area contributed by atoms with Crippen LogP contribution < -0.4 is 0 Å². The van der Waals surface area contributed by atoms with Gasteiger partial charge in [0.25, 0.3) is 0 Å². The van der Waals surface area contributed by atoms with E-state index in [4.69, 9.17) is 0 Å². The van der Waals surface area contributed by atoms with Crippen LogP contribution in [0.1, 0.15) is 17.5 Å². The van der Waals surface area contributed by atoms with E-state index >= 15 is 0 Å². The van der Waals surface area contributed by atoms with Crippen LogP contribution in [0.15, 0.2) is 18.2 Å². The average Bonchev–Trinajstić information content (AvgIpc) is 1.98. The van der Waals surface area contributed by atoms with Gasteiger partial charge in [0.15, 0.2) is 0 Å². The zero-order valence-electron chi connectivity index (χ0n) is 6.80. The molecule has 1 aromatic rings. The Balaban J connectivity index is 2.86. The summed E-state index contributed by atoms with van der Waals surface area (Å²) >= 11 is 0. The van der Waals surface area contributed by atoms with Crippen LogP contribution in [0.5, 0.6) is 5.75 Å². The molecular weight excluding hydrogens is 136 g/mol. The molecule has 0 spiro atoms. The Morgan fingerprint density at radius 3 is 2.73 bits per heavy atom. The summed E-state index contributed by atoms with van der Waals surface area (Å²) < 4.78 is 0. The summed E-state index contributed by atoms with van der Waals surface area (Å²) in [6, 6.07) is 5.67. The van der Waals surface area contributed by atoms with Gasteiger partial charge in [0, 0.05) is 0 Å². The normalized spacial score (nSPS) is 10.0. The molecule has 0 aliphatic rings. The Morgan fingerprint density at radius 2 is 2.18 bits per heavy atom. The Hall–Kier alpha value is -0.980. The second-order valence-electron chi connectivity index (χ2n) is 2.72. The Morgan fingerprint density at radius 1 is 1.45 bits per heavy atom. The number of phenolic OH excluding ortho intramolecular Hbond substituents is 1. The van der Waals surface area contributed by atoms with Crippen LogP contribution in [-0.2, 0) is 6.42 Å². The first-order valence-electron chi connectivity index (χ1n) is 3.82. The van der Waals surface area contributed by atoms with Gasteiger partial charge in [-0.1, -0.05) is 19.1 Å². The van der Waals surface area contributed by atoms with Crippen LogP contribution in [0.3, 0.4) is 0 Å². The van der Waals surface area contributed by atoms with E-state index in [0.29, 0.717) is 5.75 Å². The van der Waals surface area contributed by atoms with E-state index in [2.05, 4.69) is 6.92 Å². The molecule has 1 N–H and O–H groups in total. The highest BCUT2D eigenvalue weighted by Crippen LogP contribution is 2.17. The maximum absolute atomic E-state index is 9.20. The highest BCUT2D eigenvalue weighted by atomic mass is 16.3. The van der Waals surface area contributed by atoms with Crippen molar-refractivity contribution in [3.05, 3.63) is 36.2 Å². The maximum atomic E-state index is 9.20. The lowest BCUT2D eigenvalue weighted by atomic mass is 10.1. The Kier molecular flexibility index (Phi) is 2.53.